The average Bonchev–Trinajstić information content (AvgIpc) is 3.04. The van der Waals surface area contributed by atoms with Crippen LogP contribution < -0.4 is 20.1 Å². The Hall–Kier alpha value is -3.09. The minimum Gasteiger partial charge on any atom is -0.483 e. The number of ether oxygens (including phenoxy) is 2. The topological polar surface area (TPSA) is 59.6 Å². The second-order valence-corrected chi connectivity index (χ2v) is 8.61. The Bertz CT molecular complexity index is 1150. The molecule has 7 heteroatoms. The molecule has 4 rings (SSSR count). The van der Waals surface area contributed by atoms with Gasteiger partial charge < -0.3 is 14.8 Å². The number of benzene rings is 3. The molecule has 0 saturated heterocycles. The van der Waals surface area contributed by atoms with Crippen molar-refractivity contribution in [2.75, 3.05) is 5.32 Å². The number of hydrogen-bond donors (Lipinski definition) is 2. The molecule has 0 bridgehead atoms. The Morgan fingerprint density at radius 1 is 1.06 bits per heavy atom. The van der Waals surface area contributed by atoms with Crippen molar-refractivity contribution >= 4 is 40.5 Å². The van der Waals surface area contributed by atoms with Crippen molar-refractivity contribution in [3.63, 3.8) is 0 Å². The summed E-state index contributed by atoms with van der Waals surface area (Å²) < 4.78 is 12.1. The lowest BCUT2D eigenvalue weighted by Crippen LogP contribution is -2.34. The molecule has 1 aliphatic rings. The minimum absolute atomic E-state index is 0.176. The first-order valence-corrected chi connectivity index (χ1v) is 10.5. The first-order valence-electron chi connectivity index (χ1n) is 9.76. The van der Waals surface area contributed by atoms with E-state index in [0.29, 0.717) is 27.8 Å². The summed E-state index contributed by atoms with van der Waals surface area (Å²) in [4.78, 5) is 12.3. The Labute approximate surface area is 191 Å². The molecule has 0 radical (unpaired) electrons. The molecule has 0 aliphatic carbocycles. The number of nitrogens with one attached hydrogen (secondary N) is 2. The van der Waals surface area contributed by atoms with Gasteiger partial charge in [-0.05, 0) is 68.5 Å². The molecule has 0 spiro atoms. The molecule has 1 heterocycles. The van der Waals surface area contributed by atoms with Crippen LogP contribution in [0.15, 0.2) is 66.7 Å². The summed E-state index contributed by atoms with van der Waals surface area (Å²) in [6.45, 7) is 4.12. The van der Waals surface area contributed by atoms with E-state index in [1.54, 1.807) is 24.3 Å². The van der Waals surface area contributed by atoms with E-state index >= 15 is 0 Å². The van der Waals surface area contributed by atoms with Crippen LogP contribution in [0.1, 0.15) is 29.8 Å². The van der Waals surface area contributed by atoms with Gasteiger partial charge >= 0.3 is 0 Å². The Morgan fingerprint density at radius 3 is 2.55 bits per heavy atom. The third kappa shape index (κ3) is 4.98. The number of halogens is 1. The third-order valence-corrected chi connectivity index (χ3v) is 5.27. The number of fused-ring (bicyclic) bond motifs is 1. The van der Waals surface area contributed by atoms with E-state index in [9.17, 15) is 4.79 Å². The van der Waals surface area contributed by atoms with Gasteiger partial charge in [-0.3, -0.25) is 10.1 Å². The van der Waals surface area contributed by atoms with Crippen molar-refractivity contribution in [1.29, 1.82) is 0 Å². The zero-order valence-electron chi connectivity index (χ0n) is 17.1. The van der Waals surface area contributed by atoms with Crippen molar-refractivity contribution in [1.82, 2.24) is 5.32 Å². The highest BCUT2D eigenvalue weighted by Crippen LogP contribution is 2.43. The van der Waals surface area contributed by atoms with Crippen LogP contribution in [0.3, 0.4) is 0 Å². The monoisotopic (exact) mass is 452 g/mol. The van der Waals surface area contributed by atoms with E-state index < -0.39 is 0 Å². The molecule has 0 unspecified atom stereocenters. The van der Waals surface area contributed by atoms with Crippen LogP contribution in [-0.4, -0.2) is 16.6 Å². The van der Waals surface area contributed by atoms with Gasteiger partial charge in [-0.25, -0.2) is 0 Å². The first kappa shape index (κ1) is 21.2. The molecule has 3 aromatic rings. The Balaban J connectivity index is 1.38. The van der Waals surface area contributed by atoms with Gasteiger partial charge in [0.25, 0.3) is 5.91 Å². The lowest BCUT2D eigenvalue weighted by Gasteiger charge is -2.18. The quantitative estimate of drug-likeness (QED) is 0.477. The highest BCUT2D eigenvalue weighted by atomic mass is 35.5. The number of rotatable bonds is 4. The van der Waals surface area contributed by atoms with E-state index in [1.165, 1.54) is 0 Å². The van der Waals surface area contributed by atoms with Gasteiger partial charge in [0.1, 0.15) is 11.4 Å². The van der Waals surface area contributed by atoms with Crippen molar-refractivity contribution in [3.8, 4) is 17.2 Å². The van der Waals surface area contributed by atoms with Crippen molar-refractivity contribution < 1.29 is 14.3 Å². The van der Waals surface area contributed by atoms with E-state index in [0.717, 1.165) is 17.7 Å². The minimum atomic E-state index is -0.371. The first-order chi connectivity index (χ1) is 14.8. The summed E-state index contributed by atoms with van der Waals surface area (Å²) in [5, 5.41) is 6.15. The van der Waals surface area contributed by atoms with Gasteiger partial charge in [-0.15, -0.1) is 0 Å². The summed E-state index contributed by atoms with van der Waals surface area (Å²) >= 11 is 11.3. The summed E-state index contributed by atoms with van der Waals surface area (Å²) in [7, 11) is 0. The van der Waals surface area contributed by atoms with Crippen molar-refractivity contribution in [2.45, 2.75) is 25.9 Å². The standard InChI is InChI=1S/C24H21ClN2O3S/c1-24(2)14-15-6-5-9-20(21(15)30-24)29-17-12-10-16(11-13-17)26-23(31)27-22(28)18-7-3-4-8-19(18)25/h3-13H,14H2,1-2H3,(H2,26,27,28,31). The van der Waals surface area contributed by atoms with Gasteiger partial charge in [0.2, 0.25) is 0 Å². The van der Waals surface area contributed by atoms with E-state index in [4.69, 9.17) is 33.3 Å². The summed E-state index contributed by atoms with van der Waals surface area (Å²) in [5.74, 6) is 1.77. The molecule has 0 fully saturated rings. The summed E-state index contributed by atoms with van der Waals surface area (Å²) in [6, 6.07) is 20.0. The van der Waals surface area contributed by atoms with E-state index in [-0.39, 0.29) is 16.6 Å². The van der Waals surface area contributed by atoms with Crippen LogP contribution in [0, 0.1) is 0 Å². The predicted octanol–water partition coefficient (Wildman–Crippen LogP) is 5.97. The summed E-state index contributed by atoms with van der Waals surface area (Å²) in [5.41, 5.74) is 1.98. The highest BCUT2D eigenvalue weighted by molar-refractivity contribution is 7.80. The number of carbonyl (C=O) groups excluding carboxylic acids is 1. The number of hydrogen-bond acceptors (Lipinski definition) is 4. The molecular formula is C24H21ClN2O3S. The average molecular weight is 453 g/mol. The highest BCUT2D eigenvalue weighted by Gasteiger charge is 2.32. The third-order valence-electron chi connectivity index (χ3n) is 4.74. The molecule has 1 aliphatic heterocycles. The van der Waals surface area contributed by atoms with Crippen LogP contribution in [0.5, 0.6) is 17.2 Å². The lowest BCUT2D eigenvalue weighted by molar-refractivity contribution is 0.0978. The van der Waals surface area contributed by atoms with Crippen LogP contribution in [0.25, 0.3) is 0 Å². The maximum Gasteiger partial charge on any atom is 0.258 e. The molecule has 5 nitrogen and oxygen atoms in total. The van der Waals surface area contributed by atoms with E-state index in [2.05, 4.69) is 30.5 Å². The second kappa shape index (κ2) is 8.57. The normalized spacial score (nSPS) is 13.6. The Morgan fingerprint density at radius 2 is 1.81 bits per heavy atom. The van der Waals surface area contributed by atoms with Gasteiger partial charge in [0.05, 0.1) is 10.6 Å². The van der Waals surface area contributed by atoms with Crippen LogP contribution in [-0.2, 0) is 6.42 Å². The fourth-order valence-corrected chi connectivity index (χ4v) is 3.81. The molecule has 2 N–H and O–H groups in total. The largest absolute Gasteiger partial charge is 0.483 e. The summed E-state index contributed by atoms with van der Waals surface area (Å²) in [6.07, 6.45) is 0.847. The van der Waals surface area contributed by atoms with Crippen LogP contribution >= 0.6 is 23.8 Å². The molecule has 0 atom stereocenters. The molecular weight excluding hydrogens is 432 g/mol. The number of amides is 1. The fourth-order valence-electron chi connectivity index (χ4n) is 3.38. The van der Waals surface area contributed by atoms with Gasteiger partial charge in [0, 0.05) is 17.7 Å². The molecule has 3 aromatic carbocycles. The smallest absolute Gasteiger partial charge is 0.258 e. The molecule has 31 heavy (non-hydrogen) atoms. The number of para-hydroxylation sites is 1. The van der Waals surface area contributed by atoms with Crippen molar-refractivity contribution in [2.24, 2.45) is 0 Å². The Kier molecular flexibility index (Phi) is 5.85. The van der Waals surface area contributed by atoms with Gasteiger partial charge in [-0.1, -0.05) is 35.9 Å². The van der Waals surface area contributed by atoms with Crippen LogP contribution in [0.2, 0.25) is 5.02 Å². The zero-order valence-corrected chi connectivity index (χ0v) is 18.6. The molecule has 158 valence electrons. The van der Waals surface area contributed by atoms with Gasteiger partial charge in [-0.2, -0.15) is 0 Å². The fraction of sp³-hybridized carbons (Fsp3) is 0.167. The van der Waals surface area contributed by atoms with Crippen LogP contribution in [0.4, 0.5) is 5.69 Å². The maximum atomic E-state index is 12.3. The molecule has 0 saturated carbocycles. The molecule has 1 amide bonds. The molecule has 0 aromatic heterocycles. The van der Waals surface area contributed by atoms with Crippen molar-refractivity contribution in [3.05, 3.63) is 82.9 Å². The zero-order chi connectivity index (χ0) is 22.0. The number of anilines is 1. The van der Waals surface area contributed by atoms with Gasteiger partial charge in [0.15, 0.2) is 16.6 Å². The second-order valence-electron chi connectivity index (χ2n) is 7.80. The number of carbonyl (C=O) groups is 1. The van der Waals surface area contributed by atoms with E-state index in [1.807, 2.05) is 36.4 Å². The lowest BCUT2D eigenvalue weighted by atomic mass is 10.0. The maximum absolute atomic E-state index is 12.3. The number of thiocarbonyl (C=S) groups is 1. The SMILES string of the molecule is CC1(C)Cc2cccc(Oc3ccc(NC(=S)NC(=O)c4ccccc4Cl)cc3)c2O1. The predicted molar refractivity (Wildman–Crippen MR) is 127 cm³/mol.